The Morgan fingerprint density at radius 3 is 2.94 bits per heavy atom. The number of phenolic OH excluding ortho intramolecular Hbond substituents is 1. The first-order valence-corrected chi connectivity index (χ1v) is 4.94. The molecule has 0 aliphatic rings. The van der Waals surface area contributed by atoms with Crippen molar-refractivity contribution >= 4 is 10.9 Å². The minimum atomic E-state index is -0.603. The third kappa shape index (κ3) is 1.90. The predicted octanol–water partition coefficient (Wildman–Crippen LogP) is 0.483. The molecule has 5 heteroatoms. The first kappa shape index (κ1) is 10.6. The lowest BCUT2D eigenvalue weighted by atomic mass is 10.2. The van der Waals surface area contributed by atoms with Crippen molar-refractivity contribution in [3.8, 4) is 5.75 Å². The molecule has 0 saturated heterocycles. The summed E-state index contributed by atoms with van der Waals surface area (Å²) in [6, 6.07) is 4.40. The fraction of sp³-hybridized carbons (Fsp3) is 0.273. The van der Waals surface area contributed by atoms with E-state index in [9.17, 15) is 15.0 Å². The summed E-state index contributed by atoms with van der Waals surface area (Å²) in [6.45, 7) is 1.82. The maximum Gasteiger partial charge on any atom is 0.261 e. The summed E-state index contributed by atoms with van der Waals surface area (Å²) in [7, 11) is 0. The number of phenols is 1. The maximum absolute atomic E-state index is 11.9. The van der Waals surface area contributed by atoms with Gasteiger partial charge in [0.05, 0.1) is 29.9 Å². The van der Waals surface area contributed by atoms with Gasteiger partial charge in [-0.3, -0.25) is 9.36 Å². The molecule has 0 amide bonds. The molecule has 2 rings (SSSR count). The van der Waals surface area contributed by atoms with Gasteiger partial charge in [-0.05, 0) is 19.1 Å². The number of hydrogen-bond donors (Lipinski definition) is 2. The smallest absolute Gasteiger partial charge is 0.261 e. The number of hydrogen-bond acceptors (Lipinski definition) is 4. The number of rotatable bonds is 2. The van der Waals surface area contributed by atoms with E-state index in [4.69, 9.17) is 0 Å². The molecule has 5 nitrogen and oxygen atoms in total. The summed E-state index contributed by atoms with van der Waals surface area (Å²) in [4.78, 5) is 16.0. The average Bonchev–Trinajstić information content (AvgIpc) is 2.22. The molecule has 2 N–H and O–H groups in total. The zero-order valence-electron chi connectivity index (χ0n) is 8.79. The number of benzene rings is 1. The summed E-state index contributed by atoms with van der Waals surface area (Å²) in [5.41, 5.74) is 0.234. The van der Waals surface area contributed by atoms with Crippen LogP contribution >= 0.6 is 0 Å². The summed E-state index contributed by atoms with van der Waals surface area (Å²) in [5.74, 6) is 0.0766. The van der Waals surface area contributed by atoms with Crippen molar-refractivity contribution in [2.45, 2.75) is 19.6 Å². The van der Waals surface area contributed by atoms with Crippen LogP contribution in [0.15, 0.2) is 29.3 Å². The van der Waals surface area contributed by atoms with Gasteiger partial charge in [-0.15, -0.1) is 0 Å². The molecule has 16 heavy (non-hydrogen) atoms. The number of fused-ring (bicyclic) bond motifs is 1. The van der Waals surface area contributed by atoms with E-state index in [2.05, 4.69) is 4.98 Å². The third-order valence-electron chi connectivity index (χ3n) is 2.27. The van der Waals surface area contributed by atoms with Crippen LogP contribution in [0, 0.1) is 0 Å². The molecule has 0 aliphatic carbocycles. The van der Waals surface area contributed by atoms with E-state index in [1.807, 2.05) is 0 Å². The second kappa shape index (κ2) is 3.94. The quantitative estimate of drug-likeness (QED) is 0.772. The zero-order valence-corrected chi connectivity index (χ0v) is 8.79. The van der Waals surface area contributed by atoms with E-state index < -0.39 is 6.10 Å². The van der Waals surface area contributed by atoms with Gasteiger partial charge in [0.25, 0.3) is 5.56 Å². The molecule has 1 atom stereocenters. The second-order valence-electron chi connectivity index (χ2n) is 3.75. The van der Waals surface area contributed by atoms with Crippen molar-refractivity contribution in [2.75, 3.05) is 0 Å². The van der Waals surface area contributed by atoms with Gasteiger partial charge >= 0.3 is 0 Å². The van der Waals surface area contributed by atoms with Crippen molar-refractivity contribution in [3.63, 3.8) is 0 Å². The lowest BCUT2D eigenvalue weighted by molar-refractivity contribution is 0.172. The molecule has 2 aromatic rings. The monoisotopic (exact) mass is 220 g/mol. The lowest BCUT2D eigenvalue weighted by Gasteiger charge is -2.08. The van der Waals surface area contributed by atoms with Gasteiger partial charge in [-0.1, -0.05) is 0 Å². The van der Waals surface area contributed by atoms with E-state index in [-0.39, 0.29) is 17.9 Å². The fourth-order valence-corrected chi connectivity index (χ4v) is 1.56. The largest absolute Gasteiger partial charge is 0.508 e. The summed E-state index contributed by atoms with van der Waals surface area (Å²) in [5, 5.41) is 18.9. The molecule has 1 heterocycles. The van der Waals surface area contributed by atoms with Crippen LogP contribution in [0.4, 0.5) is 0 Å². The average molecular weight is 220 g/mol. The van der Waals surface area contributed by atoms with Crippen LogP contribution < -0.4 is 5.56 Å². The Morgan fingerprint density at radius 2 is 2.25 bits per heavy atom. The summed E-state index contributed by atoms with van der Waals surface area (Å²) < 4.78 is 1.35. The van der Waals surface area contributed by atoms with Crippen molar-refractivity contribution in [1.82, 2.24) is 9.55 Å². The molecule has 0 spiro atoms. The molecular formula is C11H12N2O3. The number of aromatic hydroxyl groups is 1. The number of aromatic nitrogens is 2. The highest BCUT2D eigenvalue weighted by Gasteiger charge is 2.06. The SMILES string of the molecule is CC(O)Cn1cnc2cc(O)ccc2c1=O. The molecule has 1 aromatic heterocycles. The van der Waals surface area contributed by atoms with Gasteiger partial charge < -0.3 is 10.2 Å². The Bertz CT molecular complexity index is 575. The van der Waals surface area contributed by atoms with E-state index in [0.29, 0.717) is 10.9 Å². The topological polar surface area (TPSA) is 75.3 Å². The molecule has 0 radical (unpaired) electrons. The van der Waals surface area contributed by atoms with Crippen molar-refractivity contribution in [3.05, 3.63) is 34.9 Å². The molecule has 0 fully saturated rings. The van der Waals surface area contributed by atoms with Crippen molar-refractivity contribution in [1.29, 1.82) is 0 Å². The Morgan fingerprint density at radius 1 is 1.50 bits per heavy atom. The Kier molecular flexibility index (Phi) is 2.62. The van der Waals surface area contributed by atoms with Crippen LogP contribution in [-0.4, -0.2) is 25.9 Å². The van der Waals surface area contributed by atoms with Gasteiger partial charge in [-0.2, -0.15) is 0 Å². The van der Waals surface area contributed by atoms with Crippen LogP contribution in [-0.2, 0) is 6.54 Å². The highest BCUT2D eigenvalue weighted by atomic mass is 16.3. The third-order valence-corrected chi connectivity index (χ3v) is 2.27. The predicted molar refractivity (Wildman–Crippen MR) is 59.3 cm³/mol. The number of nitrogens with zero attached hydrogens (tertiary/aromatic N) is 2. The van der Waals surface area contributed by atoms with E-state index in [0.717, 1.165) is 0 Å². The standard InChI is InChI=1S/C11H12N2O3/c1-7(14)5-13-6-12-10-4-8(15)2-3-9(10)11(13)16/h2-4,6-7,14-15H,5H2,1H3. The van der Waals surface area contributed by atoms with Crippen LogP contribution in [0.25, 0.3) is 10.9 Å². The molecule has 1 aromatic carbocycles. The van der Waals surface area contributed by atoms with E-state index in [1.165, 1.54) is 29.1 Å². The number of aliphatic hydroxyl groups excluding tert-OH is 1. The van der Waals surface area contributed by atoms with Gasteiger partial charge in [0, 0.05) is 6.07 Å². The Balaban J connectivity index is 2.61. The van der Waals surface area contributed by atoms with Gasteiger partial charge in [0.2, 0.25) is 0 Å². The molecule has 0 saturated carbocycles. The Hall–Kier alpha value is -1.88. The Labute approximate surface area is 91.6 Å². The van der Waals surface area contributed by atoms with Gasteiger partial charge in [0.1, 0.15) is 5.75 Å². The van der Waals surface area contributed by atoms with Crippen LogP contribution in [0.3, 0.4) is 0 Å². The van der Waals surface area contributed by atoms with Gasteiger partial charge in [-0.25, -0.2) is 4.98 Å². The fourth-order valence-electron chi connectivity index (χ4n) is 1.56. The maximum atomic E-state index is 11.9. The summed E-state index contributed by atoms with van der Waals surface area (Å²) >= 11 is 0. The molecule has 1 unspecified atom stereocenters. The minimum absolute atomic E-state index is 0.0766. The summed E-state index contributed by atoms with van der Waals surface area (Å²) in [6.07, 6.45) is 0.769. The second-order valence-corrected chi connectivity index (χ2v) is 3.75. The van der Waals surface area contributed by atoms with E-state index in [1.54, 1.807) is 6.92 Å². The normalized spacial score (nSPS) is 12.9. The van der Waals surface area contributed by atoms with Crippen LogP contribution in [0.1, 0.15) is 6.92 Å². The molecule has 0 aliphatic heterocycles. The minimum Gasteiger partial charge on any atom is -0.508 e. The zero-order chi connectivity index (χ0) is 11.7. The van der Waals surface area contributed by atoms with Crippen molar-refractivity contribution < 1.29 is 10.2 Å². The molecular weight excluding hydrogens is 208 g/mol. The van der Waals surface area contributed by atoms with Crippen LogP contribution in [0.5, 0.6) is 5.75 Å². The molecule has 0 bridgehead atoms. The molecule has 84 valence electrons. The highest BCUT2D eigenvalue weighted by Crippen LogP contribution is 2.14. The van der Waals surface area contributed by atoms with Gasteiger partial charge in [0.15, 0.2) is 0 Å². The van der Waals surface area contributed by atoms with E-state index >= 15 is 0 Å². The first-order chi connectivity index (χ1) is 7.58. The number of aliphatic hydroxyl groups is 1. The van der Waals surface area contributed by atoms with Crippen LogP contribution in [0.2, 0.25) is 0 Å². The first-order valence-electron chi connectivity index (χ1n) is 4.94. The van der Waals surface area contributed by atoms with Crippen molar-refractivity contribution in [2.24, 2.45) is 0 Å². The highest BCUT2D eigenvalue weighted by molar-refractivity contribution is 5.78. The lowest BCUT2D eigenvalue weighted by Crippen LogP contribution is -2.25.